The molecule has 4 nitrogen and oxygen atoms in total. The zero-order chi connectivity index (χ0) is 12.4. The molecule has 0 amide bonds. The fourth-order valence-electron chi connectivity index (χ4n) is 3.22. The Morgan fingerprint density at radius 1 is 1.35 bits per heavy atom. The van der Waals surface area contributed by atoms with Crippen molar-refractivity contribution in [1.82, 2.24) is 9.80 Å². The van der Waals surface area contributed by atoms with E-state index in [1.165, 1.54) is 32.9 Å². The summed E-state index contributed by atoms with van der Waals surface area (Å²) in [4.78, 5) is 16.5. The molecule has 4 heteroatoms. The molecular weight excluding hydrogens is 216 g/mol. The Labute approximate surface area is 104 Å². The summed E-state index contributed by atoms with van der Waals surface area (Å²) in [5.41, 5.74) is 0. The SMILES string of the molecule is COC(=O)C(C)N1CC2CCCCN2CC1C. The standard InChI is InChI=1S/C13H24N2O2/c1-10-8-14-7-5-4-6-12(14)9-15(10)11(2)13(16)17-3/h10-12H,4-9H2,1-3H3. The van der Waals surface area contributed by atoms with E-state index in [2.05, 4.69) is 16.7 Å². The van der Waals surface area contributed by atoms with Crippen LogP contribution in [0.4, 0.5) is 0 Å². The number of fused-ring (bicyclic) bond motifs is 1. The van der Waals surface area contributed by atoms with Gasteiger partial charge in [-0.1, -0.05) is 6.42 Å². The molecule has 0 aromatic rings. The van der Waals surface area contributed by atoms with E-state index in [1.807, 2.05) is 6.92 Å². The van der Waals surface area contributed by atoms with Crippen LogP contribution in [0, 0.1) is 0 Å². The molecule has 0 aromatic carbocycles. The number of ether oxygens (including phenoxy) is 1. The van der Waals surface area contributed by atoms with E-state index in [4.69, 9.17) is 4.74 Å². The number of esters is 1. The van der Waals surface area contributed by atoms with E-state index >= 15 is 0 Å². The molecule has 2 aliphatic rings. The maximum Gasteiger partial charge on any atom is 0.322 e. The van der Waals surface area contributed by atoms with Crippen LogP contribution in [0.15, 0.2) is 0 Å². The summed E-state index contributed by atoms with van der Waals surface area (Å²) >= 11 is 0. The fraction of sp³-hybridized carbons (Fsp3) is 0.923. The summed E-state index contributed by atoms with van der Waals surface area (Å²) in [7, 11) is 1.47. The first-order valence-corrected chi connectivity index (χ1v) is 6.71. The molecular formula is C13H24N2O2. The fourth-order valence-corrected chi connectivity index (χ4v) is 3.22. The zero-order valence-electron chi connectivity index (χ0n) is 11.2. The van der Waals surface area contributed by atoms with Crippen molar-refractivity contribution in [3.8, 4) is 0 Å². The van der Waals surface area contributed by atoms with Crippen molar-refractivity contribution in [2.45, 2.75) is 51.2 Å². The van der Waals surface area contributed by atoms with E-state index in [0.717, 1.165) is 13.1 Å². The average Bonchev–Trinajstić information content (AvgIpc) is 2.36. The molecule has 2 fully saturated rings. The average molecular weight is 240 g/mol. The van der Waals surface area contributed by atoms with Crippen molar-refractivity contribution in [1.29, 1.82) is 0 Å². The molecule has 2 aliphatic heterocycles. The number of nitrogens with zero attached hydrogens (tertiary/aromatic N) is 2. The Morgan fingerprint density at radius 3 is 2.82 bits per heavy atom. The molecule has 0 aliphatic carbocycles. The number of hydrogen-bond acceptors (Lipinski definition) is 4. The van der Waals surface area contributed by atoms with Gasteiger partial charge >= 0.3 is 5.97 Å². The van der Waals surface area contributed by atoms with Gasteiger partial charge in [-0.3, -0.25) is 14.6 Å². The summed E-state index contributed by atoms with van der Waals surface area (Å²) in [6, 6.07) is 0.976. The minimum absolute atomic E-state index is 0.110. The molecule has 2 heterocycles. The Kier molecular flexibility index (Phi) is 4.05. The molecule has 17 heavy (non-hydrogen) atoms. The van der Waals surface area contributed by atoms with Crippen LogP contribution in [0.2, 0.25) is 0 Å². The van der Waals surface area contributed by atoms with Gasteiger partial charge in [0.05, 0.1) is 7.11 Å². The predicted molar refractivity (Wildman–Crippen MR) is 66.9 cm³/mol. The molecule has 0 radical (unpaired) electrons. The molecule has 2 saturated heterocycles. The number of piperidine rings is 1. The summed E-state index contributed by atoms with van der Waals surface area (Å²) in [6.07, 6.45) is 3.93. The minimum Gasteiger partial charge on any atom is -0.468 e. The maximum absolute atomic E-state index is 11.6. The van der Waals surface area contributed by atoms with E-state index in [-0.39, 0.29) is 12.0 Å². The quantitative estimate of drug-likeness (QED) is 0.677. The lowest BCUT2D eigenvalue weighted by atomic mass is 9.96. The van der Waals surface area contributed by atoms with Gasteiger partial charge in [-0.2, -0.15) is 0 Å². The number of methoxy groups -OCH3 is 1. The highest BCUT2D eigenvalue weighted by Gasteiger charge is 2.37. The largest absolute Gasteiger partial charge is 0.468 e. The van der Waals surface area contributed by atoms with Crippen LogP contribution < -0.4 is 0 Å². The maximum atomic E-state index is 11.6. The molecule has 2 rings (SSSR count). The number of piperazine rings is 1. The van der Waals surface area contributed by atoms with Crippen molar-refractivity contribution < 1.29 is 9.53 Å². The number of carbonyl (C=O) groups excluding carboxylic acids is 1. The van der Waals surface area contributed by atoms with Crippen LogP contribution >= 0.6 is 0 Å². The highest BCUT2D eigenvalue weighted by molar-refractivity contribution is 5.75. The second-order valence-corrected chi connectivity index (χ2v) is 5.39. The van der Waals surface area contributed by atoms with E-state index in [1.54, 1.807) is 0 Å². The van der Waals surface area contributed by atoms with Crippen LogP contribution in [0.5, 0.6) is 0 Å². The monoisotopic (exact) mass is 240 g/mol. The Hall–Kier alpha value is -0.610. The van der Waals surface area contributed by atoms with Gasteiger partial charge in [0.15, 0.2) is 0 Å². The second-order valence-electron chi connectivity index (χ2n) is 5.39. The molecule has 0 N–H and O–H groups in total. The highest BCUT2D eigenvalue weighted by Crippen LogP contribution is 2.25. The predicted octanol–water partition coefficient (Wildman–Crippen LogP) is 1.11. The van der Waals surface area contributed by atoms with Crippen molar-refractivity contribution in [2.24, 2.45) is 0 Å². The molecule has 0 saturated carbocycles. The van der Waals surface area contributed by atoms with Gasteiger partial charge in [-0.25, -0.2) is 0 Å². The first-order chi connectivity index (χ1) is 8.13. The Balaban J connectivity index is 2.01. The lowest BCUT2D eigenvalue weighted by molar-refractivity contribution is -0.149. The number of carbonyl (C=O) groups is 1. The second kappa shape index (κ2) is 5.36. The van der Waals surface area contributed by atoms with Gasteiger partial charge in [-0.05, 0) is 33.2 Å². The van der Waals surface area contributed by atoms with Crippen molar-refractivity contribution >= 4 is 5.97 Å². The molecule has 0 spiro atoms. The van der Waals surface area contributed by atoms with E-state index < -0.39 is 0 Å². The summed E-state index contributed by atoms with van der Waals surface area (Å²) in [6.45, 7) is 7.50. The highest BCUT2D eigenvalue weighted by atomic mass is 16.5. The Bertz CT molecular complexity index is 283. The van der Waals surface area contributed by atoms with Gasteiger partial charge in [0.2, 0.25) is 0 Å². The van der Waals surface area contributed by atoms with Crippen LogP contribution in [-0.4, -0.2) is 60.6 Å². The van der Waals surface area contributed by atoms with Crippen molar-refractivity contribution in [2.75, 3.05) is 26.7 Å². The smallest absolute Gasteiger partial charge is 0.322 e. The van der Waals surface area contributed by atoms with Crippen LogP contribution in [-0.2, 0) is 9.53 Å². The topological polar surface area (TPSA) is 32.8 Å². The van der Waals surface area contributed by atoms with Crippen LogP contribution in [0.25, 0.3) is 0 Å². The third-order valence-electron chi connectivity index (χ3n) is 4.28. The first kappa shape index (κ1) is 12.8. The molecule has 0 bridgehead atoms. The van der Waals surface area contributed by atoms with Crippen molar-refractivity contribution in [3.05, 3.63) is 0 Å². The van der Waals surface area contributed by atoms with Gasteiger partial charge in [0.1, 0.15) is 6.04 Å². The molecule has 0 aromatic heterocycles. The van der Waals surface area contributed by atoms with E-state index in [9.17, 15) is 4.79 Å². The molecule has 3 atom stereocenters. The summed E-state index contributed by atoms with van der Waals surface area (Å²) in [5, 5.41) is 0. The van der Waals surface area contributed by atoms with Gasteiger partial charge in [0, 0.05) is 25.2 Å². The first-order valence-electron chi connectivity index (χ1n) is 6.71. The Morgan fingerprint density at radius 2 is 2.12 bits per heavy atom. The third-order valence-corrected chi connectivity index (χ3v) is 4.28. The van der Waals surface area contributed by atoms with Gasteiger partial charge in [-0.15, -0.1) is 0 Å². The number of hydrogen-bond donors (Lipinski definition) is 0. The van der Waals surface area contributed by atoms with Gasteiger partial charge in [0.25, 0.3) is 0 Å². The summed E-state index contributed by atoms with van der Waals surface area (Å²) in [5.74, 6) is -0.110. The normalized spacial score (nSPS) is 32.9. The van der Waals surface area contributed by atoms with Crippen LogP contribution in [0.1, 0.15) is 33.1 Å². The molecule has 3 unspecified atom stereocenters. The lowest BCUT2D eigenvalue weighted by Crippen LogP contribution is -2.61. The number of rotatable bonds is 2. The zero-order valence-corrected chi connectivity index (χ0v) is 11.2. The minimum atomic E-state index is -0.112. The van der Waals surface area contributed by atoms with Gasteiger partial charge < -0.3 is 4.74 Å². The lowest BCUT2D eigenvalue weighted by Gasteiger charge is -2.48. The van der Waals surface area contributed by atoms with Crippen LogP contribution in [0.3, 0.4) is 0 Å². The van der Waals surface area contributed by atoms with Crippen molar-refractivity contribution in [3.63, 3.8) is 0 Å². The summed E-state index contributed by atoms with van der Waals surface area (Å²) < 4.78 is 4.86. The third kappa shape index (κ3) is 2.63. The molecule has 98 valence electrons. The van der Waals surface area contributed by atoms with E-state index in [0.29, 0.717) is 12.1 Å².